The number of sulfone groups is 1. The van der Waals surface area contributed by atoms with Gasteiger partial charge in [-0.15, -0.1) is 0 Å². The molecule has 2 aromatic rings. The van der Waals surface area contributed by atoms with Crippen LogP contribution in [0.2, 0.25) is 0 Å². The lowest BCUT2D eigenvalue weighted by Crippen LogP contribution is -2.16. The van der Waals surface area contributed by atoms with Gasteiger partial charge in [0, 0.05) is 16.9 Å². The first-order valence-corrected chi connectivity index (χ1v) is 10.2. The molecule has 0 atom stereocenters. The van der Waals surface area contributed by atoms with Gasteiger partial charge in [0.2, 0.25) is 0 Å². The minimum atomic E-state index is -4.72. The maximum atomic E-state index is 12.2. The maximum absolute atomic E-state index is 12.2. The molecule has 2 aromatic carbocycles. The van der Waals surface area contributed by atoms with E-state index in [2.05, 4.69) is 9.50 Å². The Bertz CT molecular complexity index is 1020. The number of nitrogen functional groups attached to an aromatic ring is 1. The highest BCUT2D eigenvalue weighted by molar-refractivity contribution is 7.91. The molecule has 11 heteroatoms. The second-order valence-electron chi connectivity index (χ2n) is 5.18. The van der Waals surface area contributed by atoms with Crippen LogP contribution in [0.25, 0.3) is 0 Å². The van der Waals surface area contributed by atoms with E-state index in [0.717, 1.165) is 0 Å². The molecule has 0 saturated carbocycles. The van der Waals surface area contributed by atoms with Crippen LogP contribution in [-0.2, 0) is 24.4 Å². The molecule has 2 rings (SSSR count). The maximum Gasteiger partial charge on any atom is 0.397 e. The summed E-state index contributed by atoms with van der Waals surface area (Å²) in [6, 6.07) is 11.7. The fraction of sp³-hybridized carbons (Fsp3) is 0.133. The van der Waals surface area contributed by atoms with Crippen molar-refractivity contribution in [3.05, 3.63) is 54.1 Å². The highest BCUT2D eigenvalue weighted by atomic mass is 32.3. The molecule has 0 bridgehead atoms. The molecular formula is C15H16N2O7S2. The summed E-state index contributed by atoms with van der Waals surface area (Å²) in [5.41, 5.74) is 6.56. The van der Waals surface area contributed by atoms with E-state index < -0.39 is 38.5 Å². The van der Waals surface area contributed by atoms with Crippen LogP contribution in [0.5, 0.6) is 0 Å². The molecule has 0 radical (unpaired) electrons. The van der Waals surface area contributed by atoms with Gasteiger partial charge in [-0.05, 0) is 36.4 Å². The van der Waals surface area contributed by atoms with Gasteiger partial charge in [-0.25, -0.2) is 12.6 Å². The fourth-order valence-electron chi connectivity index (χ4n) is 2.02. The Hall–Kier alpha value is -2.47. The standard InChI is InChI=1S/C15H16N2O7S2/c16-12-4-1-3-11(9-12)15(18)17-13-5-2-6-14(10-13)25(19,20)8-7-24-26(21,22)23/h1-6,9-10H,7-8,16H2,(H,17,18)(H,21,22,23). The molecular weight excluding hydrogens is 384 g/mol. The van der Waals surface area contributed by atoms with Crippen molar-refractivity contribution in [2.24, 2.45) is 0 Å². The van der Waals surface area contributed by atoms with Gasteiger partial charge in [-0.2, -0.15) is 8.42 Å². The van der Waals surface area contributed by atoms with Crippen LogP contribution < -0.4 is 11.1 Å². The number of anilines is 2. The molecule has 9 nitrogen and oxygen atoms in total. The number of benzene rings is 2. The predicted molar refractivity (Wildman–Crippen MR) is 94.8 cm³/mol. The number of hydrogen-bond donors (Lipinski definition) is 3. The minimum Gasteiger partial charge on any atom is -0.399 e. The zero-order chi connectivity index (χ0) is 19.4. The quantitative estimate of drug-likeness (QED) is 0.461. The fourth-order valence-corrected chi connectivity index (χ4v) is 3.55. The van der Waals surface area contributed by atoms with E-state index in [0.29, 0.717) is 11.3 Å². The average molecular weight is 400 g/mol. The van der Waals surface area contributed by atoms with Crippen molar-refractivity contribution in [1.29, 1.82) is 0 Å². The van der Waals surface area contributed by atoms with Crippen molar-refractivity contribution in [2.75, 3.05) is 23.4 Å². The van der Waals surface area contributed by atoms with Gasteiger partial charge < -0.3 is 11.1 Å². The van der Waals surface area contributed by atoms with Gasteiger partial charge in [-0.1, -0.05) is 12.1 Å². The Kier molecular flexibility index (Phi) is 5.97. The van der Waals surface area contributed by atoms with Crippen LogP contribution in [-0.4, -0.2) is 39.7 Å². The third kappa shape index (κ3) is 5.81. The van der Waals surface area contributed by atoms with Gasteiger partial charge in [0.15, 0.2) is 9.84 Å². The highest BCUT2D eigenvalue weighted by Gasteiger charge is 2.17. The molecule has 0 fully saturated rings. The lowest BCUT2D eigenvalue weighted by molar-refractivity contribution is 0.102. The Morgan fingerprint density at radius 3 is 2.42 bits per heavy atom. The van der Waals surface area contributed by atoms with Gasteiger partial charge in [-0.3, -0.25) is 9.35 Å². The lowest BCUT2D eigenvalue weighted by atomic mass is 10.2. The summed E-state index contributed by atoms with van der Waals surface area (Å²) in [4.78, 5) is 12.0. The largest absolute Gasteiger partial charge is 0.399 e. The van der Waals surface area contributed by atoms with Crippen LogP contribution in [0.1, 0.15) is 10.4 Å². The third-order valence-electron chi connectivity index (χ3n) is 3.18. The minimum absolute atomic E-state index is 0.137. The Morgan fingerprint density at radius 2 is 1.77 bits per heavy atom. The summed E-state index contributed by atoms with van der Waals surface area (Å²) in [5.74, 6) is -1.14. The average Bonchev–Trinajstić information content (AvgIpc) is 2.53. The van der Waals surface area contributed by atoms with Crippen LogP contribution in [0.4, 0.5) is 11.4 Å². The summed E-state index contributed by atoms with van der Waals surface area (Å²) in [7, 11) is -8.60. The third-order valence-corrected chi connectivity index (χ3v) is 5.32. The second kappa shape index (κ2) is 7.83. The Balaban J connectivity index is 2.13. The molecule has 0 saturated heterocycles. The van der Waals surface area contributed by atoms with Crippen LogP contribution in [0.3, 0.4) is 0 Å². The first-order valence-electron chi connectivity index (χ1n) is 7.18. The first kappa shape index (κ1) is 19.8. The molecule has 0 aromatic heterocycles. The molecule has 26 heavy (non-hydrogen) atoms. The van der Waals surface area contributed by atoms with E-state index in [4.69, 9.17) is 10.3 Å². The van der Waals surface area contributed by atoms with E-state index in [-0.39, 0.29) is 10.6 Å². The van der Waals surface area contributed by atoms with Crippen molar-refractivity contribution in [1.82, 2.24) is 0 Å². The summed E-state index contributed by atoms with van der Waals surface area (Å²) in [6.45, 7) is -0.735. The molecule has 4 N–H and O–H groups in total. The highest BCUT2D eigenvalue weighted by Crippen LogP contribution is 2.18. The number of rotatable bonds is 7. The molecule has 0 aliphatic heterocycles. The molecule has 0 heterocycles. The summed E-state index contributed by atoms with van der Waals surface area (Å²) in [5, 5.41) is 2.55. The summed E-state index contributed by atoms with van der Waals surface area (Å²) in [6.07, 6.45) is 0. The van der Waals surface area contributed by atoms with Crippen LogP contribution >= 0.6 is 0 Å². The number of carbonyl (C=O) groups is 1. The second-order valence-corrected chi connectivity index (χ2v) is 8.38. The van der Waals surface area contributed by atoms with Gasteiger partial charge in [0.1, 0.15) is 0 Å². The van der Waals surface area contributed by atoms with E-state index in [9.17, 15) is 21.6 Å². The number of hydrogen-bond acceptors (Lipinski definition) is 7. The van der Waals surface area contributed by atoms with E-state index in [1.807, 2.05) is 0 Å². The van der Waals surface area contributed by atoms with Crippen molar-refractivity contribution in [3.8, 4) is 0 Å². The van der Waals surface area contributed by atoms with E-state index in [1.165, 1.54) is 30.3 Å². The molecule has 0 aliphatic carbocycles. The predicted octanol–water partition coefficient (Wildman–Crippen LogP) is 1.11. The van der Waals surface area contributed by atoms with E-state index in [1.54, 1.807) is 18.2 Å². The van der Waals surface area contributed by atoms with Crippen molar-refractivity contribution < 1.29 is 30.4 Å². The Labute approximate surface area is 150 Å². The molecule has 1 amide bonds. The number of carbonyl (C=O) groups excluding carboxylic acids is 1. The smallest absolute Gasteiger partial charge is 0.397 e. The van der Waals surface area contributed by atoms with Gasteiger partial charge >= 0.3 is 10.4 Å². The van der Waals surface area contributed by atoms with E-state index >= 15 is 0 Å². The number of amides is 1. The summed E-state index contributed by atoms with van der Waals surface area (Å²) >= 11 is 0. The SMILES string of the molecule is Nc1cccc(C(=O)Nc2cccc(S(=O)(=O)CCOS(=O)(=O)O)c2)c1. The topological polar surface area (TPSA) is 153 Å². The molecule has 140 valence electrons. The normalized spacial score (nSPS) is 11.9. The first-order chi connectivity index (χ1) is 12.1. The van der Waals surface area contributed by atoms with Crippen LogP contribution in [0.15, 0.2) is 53.4 Å². The zero-order valence-corrected chi connectivity index (χ0v) is 15.0. The van der Waals surface area contributed by atoms with Crippen molar-refractivity contribution in [2.45, 2.75) is 4.90 Å². The lowest BCUT2D eigenvalue weighted by Gasteiger charge is -2.09. The molecule has 0 spiro atoms. The van der Waals surface area contributed by atoms with Gasteiger partial charge in [0.25, 0.3) is 5.91 Å². The number of nitrogens with two attached hydrogens (primary N) is 1. The van der Waals surface area contributed by atoms with Crippen molar-refractivity contribution >= 4 is 37.5 Å². The number of nitrogens with one attached hydrogen (secondary N) is 1. The summed E-state index contributed by atoms with van der Waals surface area (Å²) < 4.78 is 57.8. The Morgan fingerprint density at radius 1 is 1.08 bits per heavy atom. The van der Waals surface area contributed by atoms with Crippen LogP contribution in [0, 0.1) is 0 Å². The monoisotopic (exact) mass is 400 g/mol. The molecule has 0 unspecified atom stereocenters. The van der Waals surface area contributed by atoms with Crippen molar-refractivity contribution in [3.63, 3.8) is 0 Å². The zero-order valence-electron chi connectivity index (χ0n) is 13.3. The van der Waals surface area contributed by atoms with Gasteiger partial charge in [0.05, 0.1) is 17.3 Å². The molecule has 0 aliphatic rings.